The fourth-order valence-corrected chi connectivity index (χ4v) is 6.39. The zero-order valence-electron chi connectivity index (χ0n) is 14.9. The number of hydrogen-bond donors (Lipinski definition) is 0. The zero-order valence-corrected chi connectivity index (χ0v) is 16.5. The Morgan fingerprint density at radius 1 is 1.04 bits per heavy atom. The minimum Gasteiger partial charge on any atom is -0.335 e. The molecule has 1 aromatic heterocycles. The minimum atomic E-state index is -3.89. The predicted molar refractivity (Wildman–Crippen MR) is 102 cm³/mol. The molecule has 1 saturated heterocycles. The van der Waals surface area contributed by atoms with Crippen LogP contribution in [0.1, 0.15) is 33.0 Å². The first-order valence-corrected chi connectivity index (χ1v) is 11.4. The van der Waals surface area contributed by atoms with Gasteiger partial charge in [0.1, 0.15) is 10.7 Å². The first-order chi connectivity index (χ1) is 13.0. The number of aryl methyl sites for hydroxylation is 2. The zero-order chi connectivity index (χ0) is 19.0. The Hall–Kier alpha value is -1.77. The molecule has 8 heteroatoms. The lowest BCUT2D eigenvalue weighted by Gasteiger charge is -2.33. The molecule has 0 N–H and O–H groups in total. The fraction of sp³-hybridized carbons (Fsp3) is 0.421. The SMILES string of the molecule is O=C(c1cc2c(s1)CCCC2)N1CCN(S(=O)(=O)c2ccccc2F)CC1. The highest BCUT2D eigenvalue weighted by Crippen LogP contribution is 2.30. The molecule has 4 rings (SSSR count). The van der Waals surface area contributed by atoms with E-state index in [0.717, 1.165) is 23.8 Å². The van der Waals surface area contributed by atoms with Gasteiger partial charge in [0.25, 0.3) is 5.91 Å². The quantitative estimate of drug-likeness (QED) is 0.785. The van der Waals surface area contributed by atoms with Gasteiger partial charge in [-0.15, -0.1) is 11.3 Å². The highest BCUT2D eigenvalue weighted by Gasteiger charge is 2.32. The molecule has 2 heterocycles. The molecule has 2 aromatic rings. The fourth-order valence-electron chi connectivity index (χ4n) is 3.68. The number of halogens is 1. The maximum absolute atomic E-state index is 13.9. The Kier molecular flexibility index (Phi) is 5.05. The van der Waals surface area contributed by atoms with Crippen molar-refractivity contribution in [1.29, 1.82) is 0 Å². The van der Waals surface area contributed by atoms with Crippen LogP contribution < -0.4 is 0 Å². The number of sulfonamides is 1. The molecule has 0 spiro atoms. The van der Waals surface area contributed by atoms with Gasteiger partial charge in [-0.1, -0.05) is 12.1 Å². The van der Waals surface area contributed by atoms with Gasteiger partial charge in [-0.05, 0) is 49.4 Å². The number of fused-ring (bicyclic) bond motifs is 1. The average Bonchev–Trinajstić information content (AvgIpc) is 3.12. The number of hydrogen-bond acceptors (Lipinski definition) is 4. The smallest absolute Gasteiger partial charge is 0.264 e. The average molecular weight is 409 g/mol. The summed E-state index contributed by atoms with van der Waals surface area (Å²) in [6.45, 7) is 0.977. The Balaban J connectivity index is 1.45. The maximum Gasteiger partial charge on any atom is 0.264 e. The molecule has 1 aliphatic heterocycles. The lowest BCUT2D eigenvalue weighted by molar-refractivity contribution is 0.0702. The molecule has 5 nitrogen and oxygen atoms in total. The monoisotopic (exact) mass is 408 g/mol. The second kappa shape index (κ2) is 7.33. The first kappa shape index (κ1) is 18.6. The largest absolute Gasteiger partial charge is 0.335 e. The van der Waals surface area contributed by atoms with Gasteiger partial charge in [-0.25, -0.2) is 12.8 Å². The van der Waals surface area contributed by atoms with Crippen LogP contribution in [0.5, 0.6) is 0 Å². The van der Waals surface area contributed by atoms with Gasteiger partial charge in [0.2, 0.25) is 10.0 Å². The molecule has 1 amide bonds. The standard InChI is InChI=1S/C19H21FN2O3S2/c20-15-6-2-4-8-18(15)27(24,25)22-11-9-21(10-12-22)19(23)17-13-14-5-1-3-7-16(14)26-17/h2,4,6,8,13H,1,3,5,7,9-12H2. The van der Waals surface area contributed by atoms with Crippen LogP contribution in [0.4, 0.5) is 4.39 Å². The molecule has 0 radical (unpaired) electrons. The summed E-state index contributed by atoms with van der Waals surface area (Å²) in [5.74, 6) is -0.780. The van der Waals surface area contributed by atoms with Crippen molar-refractivity contribution in [2.45, 2.75) is 30.6 Å². The Morgan fingerprint density at radius 3 is 2.44 bits per heavy atom. The van der Waals surface area contributed by atoms with Crippen molar-refractivity contribution >= 4 is 27.3 Å². The number of carbonyl (C=O) groups excluding carboxylic acids is 1. The van der Waals surface area contributed by atoms with E-state index in [-0.39, 0.29) is 23.9 Å². The van der Waals surface area contributed by atoms with E-state index in [4.69, 9.17) is 0 Å². The molecule has 2 aliphatic rings. The van der Waals surface area contributed by atoms with Gasteiger partial charge in [-0.3, -0.25) is 4.79 Å². The van der Waals surface area contributed by atoms with Gasteiger partial charge in [0.15, 0.2) is 0 Å². The lowest BCUT2D eigenvalue weighted by atomic mass is 9.99. The summed E-state index contributed by atoms with van der Waals surface area (Å²) in [6, 6.07) is 7.40. The highest BCUT2D eigenvalue weighted by atomic mass is 32.2. The highest BCUT2D eigenvalue weighted by molar-refractivity contribution is 7.89. The number of nitrogens with zero attached hydrogens (tertiary/aromatic N) is 2. The number of rotatable bonds is 3. The van der Waals surface area contributed by atoms with Crippen LogP contribution in [0.15, 0.2) is 35.2 Å². The number of thiophene rings is 1. The van der Waals surface area contributed by atoms with Crippen LogP contribution in [0.25, 0.3) is 0 Å². The van der Waals surface area contributed by atoms with E-state index in [0.29, 0.717) is 13.1 Å². The molecule has 144 valence electrons. The minimum absolute atomic E-state index is 0.0302. The third-order valence-corrected chi connectivity index (χ3v) is 8.34. The van der Waals surface area contributed by atoms with Crippen LogP contribution in [-0.4, -0.2) is 49.7 Å². The summed E-state index contributed by atoms with van der Waals surface area (Å²) in [6.07, 6.45) is 4.42. The molecule has 0 bridgehead atoms. The van der Waals surface area contributed by atoms with Crippen molar-refractivity contribution in [1.82, 2.24) is 9.21 Å². The molecular formula is C19H21FN2O3S2. The molecule has 0 atom stereocenters. The lowest BCUT2D eigenvalue weighted by Crippen LogP contribution is -2.50. The molecule has 1 aliphatic carbocycles. The predicted octanol–water partition coefficient (Wildman–Crippen LogP) is 2.91. The number of piperazine rings is 1. The second-order valence-electron chi connectivity index (χ2n) is 6.89. The number of benzene rings is 1. The molecule has 27 heavy (non-hydrogen) atoms. The molecule has 1 aromatic carbocycles. The van der Waals surface area contributed by atoms with Gasteiger partial charge in [0.05, 0.1) is 4.88 Å². The van der Waals surface area contributed by atoms with Gasteiger partial charge in [0, 0.05) is 31.1 Å². The Bertz CT molecular complexity index is 940. The third kappa shape index (κ3) is 3.53. The van der Waals surface area contributed by atoms with E-state index in [1.807, 2.05) is 6.07 Å². The van der Waals surface area contributed by atoms with E-state index < -0.39 is 15.8 Å². The van der Waals surface area contributed by atoms with Crippen molar-refractivity contribution in [2.24, 2.45) is 0 Å². The van der Waals surface area contributed by atoms with Crippen molar-refractivity contribution in [3.63, 3.8) is 0 Å². The molecule has 1 fully saturated rings. The summed E-state index contributed by atoms with van der Waals surface area (Å²) < 4.78 is 40.5. The first-order valence-electron chi connectivity index (χ1n) is 9.12. The third-order valence-electron chi connectivity index (χ3n) is 5.19. The van der Waals surface area contributed by atoms with Crippen LogP contribution >= 0.6 is 11.3 Å². The summed E-state index contributed by atoms with van der Waals surface area (Å²) >= 11 is 1.57. The van der Waals surface area contributed by atoms with Crippen molar-refractivity contribution < 1.29 is 17.6 Å². The van der Waals surface area contributed by atoms with Crippen molar-refractivity contribution in [2.75, 3.05) is 26.2 Å². The number of amides is 1. The van der Waals surface area contributed by atoms with E-state index in [9.17, 15) is 17.6 Å². The Labute approximate surface area is 162 Å². The van der Waals surface area contributed by atoms with Crippen LogP contribution in [0.3, 0.4) is 0 Å². The van der Waals surface area contributed by atoms with Gasteiger partial charge in [-0.2, -0.15) is 4.31 Å². The van der Waals surface area contributed by atoms with Crippen LogP contribution in [0.2, 0.25) is 0 Å². The van der Waals surface area contributed by atoms with E-state index in [1.165, 1.54) is 45.8 Å². The summed E-state index contributed by atoms with van der Waals surface area (Å²) in [5.41, 5.74) is 1.29. The van der Waals surface area contributed by atoms with E-state index in [2.05, 4.69) is 0 Å². The molecule has 0 unspecified atom stereocenters. The topological polar surface area (TPSA) is 57.7 Å². The van der Waals surface area contributed by atoms with Gasteiger partial charge < -0.3 is 4.90 Å². The van der Waals surface area contributed by atoms with Crippen molar-refractivity contribution in [3.8, 4) is 0 Å². The summed E-state index contributed by atoms with van der Waals surface area (Å²) in [4.78, 5) is 16.2. The summed E-state index contributed by atoms with van der Waals surface area (Å²) in [7, 11) is -3.89. The van der Waals surface area contributed by atoms with Crippen LogP contribution in [0, 0.1) is 5.82 Å². The second-order valence-corrected chi connectivity index (χ2v) is 9.94. The van der Waals surface area contributed by atoms with Gasteiger partial charge >= 0.3 is 0 Å². The molecular weight excluding hydrogens is 387 g/mol. The normalized spacial score (nSPS) is 18.3. The van der Waals surface area contributed by atoms with E-state index >= 15 is 0 Å². The van der Waals surface area contributed by atoms with Crippen molar-refractivity contribution in [3.05, 3.63) is 51.5 Å². The Morgan fingerprint density at radius 2 is 1.74 bits per heavy atom. The molecule has 0 saturated carbocycles. The van der Waals surface area contributed by atoms with E-state index in [1.54, 1.807) is 16.2 Å². The number of carbonyl (C=O) groups is 1. The summed E-state index contributed by atoms with van der Waals surface area (Å²) in [5, 5.41) is 0. The maximum atomic E-state index is 13.9. The van der Waals surface area contributed by atoms with Crippen LogP contribution in [-0.2, 0) is 22.9 Å².